The number of benzene rings is 1. The lowest BCUT2D eigenvalue weighted by Crippen LogP contribution is -2.12. The van der Waals surface area contributed by atoms with Gasteiger partial charge in [-0.2, -0.15) is 0 Å². The molecule has 3 rings (SSSR count). The number of aliphatic hydroxyl groups excluding tert-OH is 1. The molecule has 0 radical (unpaired) electrons. The van der Waals surface area contributed by atoms with Crippen molar-refractivity contribution < 1.29 is 14.6 Å². The zero-order valence-corrected chi connectivity index (χ0v) is 12.6. The molecule has 0 fully saturated rings. The first-order valence-electron chi connectivity index (χ1n) is 6.46. The van der Waals surface area contributed by atoms with E-state index < -0.39 is 6.10 Å². The van der Waals surface area contributed by atoms with Gasteiger partial charge in [0, 0.05) is 10.8 Å². The van der Waals surface area contributed by atoms with E-state index in [1.807, 2.05) is 24.3 Å². The third-order valence-electron chi connectivity index (χ3n) is 3.19. The predicted octanol–water partition coefficient (Wildman–Crippen LogP) is 3.89. The van der Waals surface area contributed by atoms with Crippen molar-refractivity contribution in [3.05, 3.63) is 45.1 Å². The smallest absolute Gasteiger partial charge is 0.161 e. The lowest BCUT2D eigenvalue weighted by molar-refractivity contribution is 0.221. The van der Waals surface area contributed by atoms with E-state index in [0.29, 0.717) is 29.2 Å². The second-order valence-electron chi connectivity index (χ2n) is 4.98. The summed E-state index contributed by atoms with van der Waals surface area (Å²) < 4.78 is 12.1. The van der Waals surface area contributed by atoms with E-state index in [1.165, 1.54) is 11.3 Å². The normalized spacial score (nSPS) is 19.4. The molecule has 0 saturated carbocycles. The van der Waals surface area contributed by atoms with E-state index >= 15 is 0 Å². The molecular formula is C15H15ClO3S. The fraction of sp³-hybridized carbons (Fsp3) is 0.333. The standard InChI is InChI=1S/C15H15ClO3S/c1-9-7-18-11-3-2-10(6-12(11)19-8-9)15(17)13-4-5-14(16)20-13/h2-6,9,15,17H,7-8H2,1H3. The van der Waals surface area contributed by atoms with Crippen molar-refractivity contribution in [1.82, 2.24) is 0 Å². The Kier molecular flexibility index (Phi) is 3.87. The summed E-state index contributed by atoms with van der Waals surface area (Å²) in [5, 5.41) is 10.4. The fourth-order valence-electron chi connectivity index (χ4n) is 2.08. The third kappa shape index (κ3) is 2.77. The van der Waals surface area contributed by atoms with Crippen molar-refractivity contribution in [2.45, 2.75) is 13.0 Å². The number of thiophene rings is 1. The maximum absolute atomic E-state index is 10.4. The Morgan fingerprint density at radius 3 is 2.65 bits per heavy atom. The molecule has 2 heterocycles. The number of hydrogen-bond acceptors (Lipinski definition) is 4. The first kappa shape index (κ1) is 13.7. The monoisotopic (exact) mass is 310 g/mol. The van der Waals surface area contributed by atoms with Gasteiger partial charge in [-0.15, -0.1) is 11.3 Å². The van der Waals surface area contributed by atoms with E-state index in [0.717, 1.165) is 16.2 Å². The van der Waals surface area contributed by atoms with Crippen molar-refractivity contribution >= 4 is 22.9 Å². The topological polar surface area (TPSA) is 38.7 Å². The SMILES string of the molecule is CC1COc2ccc(C(O)c3ccc(Cl)s3)cc2OC1. The minimum Gasteiger partial charge on any atom is -0.489 e. The lowest BCUT2D eigenvalue weighted by atomic mass is 10.1. The van der Waals surface area contributed by atoms with Crippen molar-refractivity contribution in [3.63, 3.8) is 0 Å². The van der Waals surface area contributed by atoms with E-state index in [2.05, 4.69) is 6.92 Å². The summed E-state index contributed by atoms with van der Waals surface area (Å²) in [6.45, 7) is 3.35. The van der Waals surface area contributed by atoms with Crippen LogP contribution < -0.4 is 9.47 Å². The second kappa shape index (κ2) is 5.64. The first-order chi connectivity index (χ1) is 9.63. The molecule has 0 aliphatic carbocycles. The summed E-state index contributed by atoms with van der Waals surface area (Å²) in [5.41, 5.74) is 0.778. The molecule has 0 spiro atoms. The summed E-state index contributed by atoms with van der Waals surface area (Å²) >= 11 is 7.28. The minimum absolute atomic E-state index is 0.354. The van der Waals surface area contributed by atoms with Crippen LogP contribution in [0.25, 0.3) is 0 Å². The van der Waals surface area contributed by atoms with Gasteiger partial charge in [0.2, 0.25) is 0 Å². The minimum atomic E-state index is -0.693. The van der Waals surface area contributed by atoms with E-state index in [9.17, 15) is 5.11 Å². The zero-order chi connectivity index (χ0) is 14.1. The molecule has 5 heteroatoms. The molecule has 1 aliphatic heterocycles. The number of halogens is 1. The van der Waals surface area contributed by atoms with Crippen LogP contribution in [0.2, 0.25) is 4.34 Å². The van der Waals surface area contributed by atoms with Crippen LogP contribution in [-0.2, 0) is 0 Å². The summed E-state index contributed by atoms with van der Waals surface area (Å²) in [4.78, 5) is 0.817. The van der Waals surface area contributed by atoms with Gasteiger partial charge in [0.05, 0.1) is 17.6 Å². The molecule has 2 unspecified atom stereocenters. The maximum Gasteiger partial charge on any atom is 0.161 e. The van der Waals surface area contributed by atoms with Gasteiger partial charge in [-0.3, -0.25) is 0 Å². The highest BCUT2D eigenvalue weighted by Crippen LogP contribution is 2.36. The van der Waals surface area contributed by atoms with E-state index in [4.69, 9.17) is 21.1 Å². The summed E-state index contributed by atoms with van der Waals surface area (Å²) in [7, 11) is 0. The van der Waals surface area contributed by atoms with Crippen molar-refractivity contribution in [3.8, 4) is 11.5 Å². The molecule has 0 bridgehead atoms. The van der Waals surface area contributed by atoms with Gasteiger partial charge in [0.25, 0.3) is 0 Å². The van der Waals surface area contributed by atoms with Gasteiger partial charge in [-0.25, -0.2) is 0 Å². The summed E-state index contributed by atoms with van der Waals surface area (Å²) in [5.74, 6) is 1.77. The molecule has 3 nitrogen and oxygen atoms in total. The number of hydrogen-bond donors (Lipinski definition) is 1. The lowest BCUT2D eigenvalue weighted by Gasteiger charge is -2.12. The molecule has 2 atom stereocenters. The Balaban J connectivity index is 1.88. The number of ether oxygens (including phenoxy) is 2. The molecule has 106 valence electrons. The summed E-state index contributed by atoms with van der Waals surface area (Å²) in [6, 6.07) is 9.17. The Labute approximate surface area is 126 Å². The van der Waals surface area contributed by atoms with Gasteiger partial charge in [0.15, 0.2) is 11.5 Å². The largest absolute Gasteiger partial charge is 0.489 e. The van der Waals surface area contributed by atoms with Crippen molar-refractivity contribution in [1.29, 1.82) is 0 Å². The highest BCUT2D eigenvalue weighted by Gasteiger charge is 2.19. The van der Waals surface area contributed by atoms with E-state index in [-0.39, 0.29) is 0 Å². The van der Waals surface area contributed by atoms with Crippen LogP contribution in [0.5, 0.6) is 11.5 Å². The van der Waals surface area contributed by atoms with Crippen LogP contribution in [0.3, 0.4) is 0 Å². The molecule has 1 aliphatic rings. The van der Waals surface area contributed by atoms with Gasteiger partial charge in [-0.1, -0.05) is 24.6 Å². The Bertz CT molecular complexity index is 611. The number of rotatable bonds is 2. The molecule has 1 aromatic carbocycles. The zero-order valence-electron chi connectivity index (χ0n) is 11.0. The molecular weight excluding hydrogens is 296 g/mol. The average Bonchev–Trinajstić information content (AvgIpc) is 2.80. The van der Waals surface area contributed by atoms with Crippen molar-refractivity contribution in [2.75, 3.05) is 13.2 Å². The van der Waals surface area contributed by atoms with Crippen LogP contribution in [-0.4, -0.2) is 18.3 Å². The highest BCUT2D eigenvalue weighted by atomic mass is 35.5. The molecule has 1 aromatic heterocycles. The van der Waals surface area contributed by atoms with E-state index in [1.54, 1.807) is 6.07 Å². The van der Waals surface area contributed by atoms with Crippen LogP contribution in [0.1, 0.15) is 23.5 Å². The van der Waals surface area contributed by atoms with Crippen LogP contribution in [0, 0.1) is 5.92 Å². The maximum atomic E-state index is 10.4. The van der Waals surface area contributed by atoms with Gasteiger partial charge >= 0.3 is 0 Å². The Hall–Kier alpha value is -1.23. The average molecular weight is 311 g/mol. The molecule has 20 heavy (non-hydrogen) atoms. The third-order valence-corrected chi connectivity index (χ3v) is 4.48. The fourth-order valence-corrected chi connectivity index (χ4v) is 3.15. The van der Waals surface area contributed by atoms with Gasteiger partial charge in [0.1, 0.15) is 6.10 Å². The summed E-state index contributed by atoms with van der Waals surface area (Å²) in [6.07, 6.45) is -0.693. The Morgan fingerprint density at radius 2 is 1.95 bits per heavy atom. The molecule has 0 amide bonds. The predicted molar refractivity (Wildman–Crippen MR) is 80.0 cm³/mol. The van der Waals surface area contributed by atoms with Gasteiger partial charge in [-0.05, 0) is 29.8 Å². The second-order valence-corrected chi connectivity index (χ2v) is 6.72. The quantitative estimate of drug-likeness (QED) is 0.914. The number of aliphatic hydroxyl groups is 1. The van der Waals surface area contributed by atoms with Crippen LogP contribution in [0.4, 0.5) is 0 Å². The van der Waals surface area contributed by atoms with Gasteiger partial charge < -0.3 is 14.6 Å². The highest BCUT2D eigenvalue weighted by molar-refractivity contribution is 7.16. The first-order valence-corrected chi connectivity index (χ1v) is 7.66. The molecule has 2 aromatic rings. The van der Waals surface area contributed by atoms with Crippen LogP contribution in [0.15, 0.2) is 30.3 Å². The molecule has 1 N–H and O–H groups in total. The Morgan fingerprint density at radius 1 is 1.20 bits per heavy atom. The number of fused-ring (bicyclic) bond motifs is 1. The molecule has 0 saturated heterocycles. The van der Waals surface area contributed by atoms with Crippen molar-refractivity contribution in [2.24, 2.45) is 5.92 Å². The van der Waals surface area contributed by atoms with Crippen LogP contribution >= 0.6 is 22.9 Å².